The summed E-state index contributed by atoms with van der Waals surface area (Å²) < 4.78 is 5.10. The molecule has 0 fully saturated rings. The zero-order valence-corrected chi connectivity index (χ0v) is 8.79. The molecule has 84 valence electrons. The molecule has 0 saturated heterocycles. The van der Waals surface area contributed by atoms with Gasteiger partial charge in [0.1, 0.15) is 5.76 Å². The number of hydrogen-bond acceptors (Lipinski definition) is 5. The second-order valence-electron chi connectivity index (χ2n) is 3.36. The number of H-pyrrole nitrogens is 1. The summed E-state index contributed by atoms with van der Waals surface area (Å²) in [5.41, 5.74) is 4.49. The van der Waals surface area contributed by atoms with Crippen molar-refractivity contribution in [3.8, 4) is 0 Å². The van der Waals surface area contributed by atoms with Gasteiger partial charge in [-0.2, -0.15) is 5.10 Å². The van der Waals surface area contributed by atoms with Crippen molar-refractivity contribution in [1.82, 2.24) is 15.0 Å². The van der Waals surface area contributed by atoms with E-state index < -0.39 is 0 Å². The lowest BCUT2D eigenvalue weighted by atomic mass is 10.4. The van der Waals surface area contributed by atoms with E-state index in [4.69, 9.17) is 4.42 Å². The predicted molar refractivity (Wildman–Crippen MR) is 63.8 cm³/mol. The number of nitrogens with zero attached hydrogens (tertiary/aromatic N) is 3. The maximum atomic E-state index is 5.10. The molecule has 0 aromatic carbocycles. The van der Waals surface area contributed by atoms with Crippen molar-refractivity contribution >= 4 is 23.2 Å². The lowest BCUT2D eigenvalue weighted by Gasteiger charge is -1.91. The summed E-state index contributed by atoms with van der Waals surface area (Å²) in [4.78, 5) is 11.3. The first-order chi connectivity index (χ1) is 8.42. The molecule has 2 N–H and O–H groups in total. The van der Waals surface area contributed by atoms with Crippen LogP contribution < -0.4 is 5.43 Å². The molecule has 0 aliphatic heterocycles. The monoisotopic (exact) mass is 227 g/mol. The minimum atomic E-state index is 0.566. The second kappa shape index (κ2) is 4.09. The zero-order chi connectivity index (χ0) is 11.5. The quantitative estimate of drug-likeness (QED) is 0.529. The van der Waals surface area contributed by atoms with Gasteiger partial charge in [-0.15, -0.1) is 0 Å². The van der Waals surface area contributed by atoms with Crippen LogP contribution in [0.4, 0.5) is 5.95 Å². The summed E-state index contributed by atoms with van der Waals surface area (Å²) in [5.74, 6) is 1.24. The normalized spacial score (nSPS) is 11.3. The SMILES string of the molecule is C(=N\Nc1nc2ccncc2[nH]1)/c1ccco1. The molecular formula is C11H9N5O. The maximum absolute atomic E-state index is 5.10. The van der Waals surface area contributed by atoms with Crippen molar-refractivity contribution in [2.45, 2.75) is 0 Å². The minimum absolute atomic E-state index is 0.566. The van der Waals surface area contributed by atoms with Crippen molar-refractivity contribution in [2.75, 3.05) is 5.43 Å². The van der Waals surface area contributed by atoms with E-state index >= 15 is 0 Å². The van der Waals surface area contributed by atoms with Crippen molar-refractivity contribution in [3.05, 3.63) is 42.6 Å². The zero-order valence-electron chi connectivity index (χ0n) is 8.79. The Morgan fingerprint density at radius 3 is 3.24 bits per heavy atom. The van der Waals surface area contributed by atoms with Crippen LogP contribution in [0.5, 0.6) is 0 Å². The molecule has 0 atom stereocenters. The Hall–Kier alpha value is -2.63. The molecule has 0 bridgehead atoms. The first-order valence-corrected chi connectivity index (χ1v) is 5.04. The first kappa shape index (κ1) is 9.59. The van der Waals surface area contributed by atoms with Crippen LogP contribution in [0.15, 0.2) is 46.4 Å². The number of furan rings is 1. The van der Waals surface area contributed by atoms with Crippen molar-refractivity contribution in [2.24, 2.45) is 5.10 Å². The maximum Gasteiger partial charge on any atom is 0.222 e. The lowest BCUT2D eigenvalue weighted by molar-refractivity contribution is 0.560. The lowest BCUT2D eigenvalue weighted by Crippen LogP contribution is -1.91. The number of aromatic amines is 1. The largest absolute Gasteiger partial charge is 0.463 e. The third-order valence-electron chi connectivity index (χ3n) is 2.19. The van der Waals surface area contributed by atoms with E-state index in [1.54, 1.807) is 30.9 Å². The number of rotatable bonds is 3. The number of fused-ring (bicyclic) bond motifs is 1. The highest BCUT2D eigenvalue weighted by molar-refractivity contribution is 5.78. The number of imidazole rings is 1. The van der Waals surface area contributed by atoms with Crippen LogP contribution in [0.3, 0.4) is 0 Å². The number of aromatic nitrogens is 3. The van der Waals surface area contributed by atoms with E-state index in [0.717, 1.165) is 11.0 Å². The van der Waals surface area contributed by atoms with Crippen LogP contribution in [0.25, 0.3) is 11.0 Å². The number of hydrazone groups is 1. The summed E-state index contributed by atoms with van der Waals surface area (Å²) >= 11 is 0. The molecule has 0 amide bonds. The molecule has 0 aliphatic rings. The molecule has 0 aliphatic carbocycles. The number of hydrogen-bond donors (Lipinski definition) is 2. The van der Waals surface area contributed by atoms with Crippen LogP contribution in [0, 0.1) is 0 Å². The average Bonchev–Trinajstić information content (AvgIpc) is 2.96. The van der Waals surface area contributed by atoms with Crippen LogP contribution in [0.1, 0.15) is 5.76 Å². The predicted octanol–water partition coefficient (Wildman–Crippen LogP) is 2.00. The van der Waals surface area contributed by atoms with Gasteiger partial charge in [-0.3, -0.25) is 4.98 Å². The molecule has 0 unspecified atom stereocenters. The highest BCUT2D eigenvalue weighted by Gasteiger charge is 1.99. The van der Waals surface area contributed by atoms with Gasteiger partial charge in [0.25, 0.3) is 0 Å². The average molecular weight is 227 g/mol. The van der Waals surface area contributed by atoms with Gasteiger partial charge in [-0.1, -0.05) is 0 Å². The fourth-order valence-electron chi connectivity index (χ4n) is 1.43. The van der Waals surface area contributed by atoms with E-state index in [9.17, 15) is 0 Å². The molecule has 17 heavy (non-hydrogen) atoms. The molecule has 6 nitrogen and oxygen atoms in total. The molecular weight excluding hydrogens is 218 g/mol. The molecule has 0 spiro atoms. The summed E-state index contributed by atoms with van der Waals surface area (Å²) in [7, 11) is 0. The Morgan fingerprint density at radius 2 is 2.41 bits per heavy atom. The third kappa shape index (κ3) is 2.00. The van der Waals surface area contributed by atoms with E-state index in [1.807, 2.05) is 12.1 Å². The Morgan fingerprint density at radius 1 is 1.41 bits per heavy atom. The Balaban J connectivity index is 1.77. The van der Waals surface area contributed by atoms with E-state index in [0.29, 0.717) is 11.7 Å². The fourth-order valence-corrected chi connectivity index (χ4v) is 1.43. The Labute approximate surface area is 96.4 Å². The van der Waals surface area contributed by atoms with Crippen LogP contribution in [0.2, 0.25) is 0 Å². The smallest absolute Gasteiger partial charge is 0.222 e. The molecule has 3 aromatic heterocycles. The first-order valence-electron chi connectivity index (χ1n) is 5.04. The fraction of sp³-hybridized carbons (Fsp3) is 0. The second-order valence-corrected chi connectivity index (χ2v) is 3.36. The van der Waals surface area contributed by atoms with Crippen molar-refractivity contribution < 1.29 is 4.42 Å². The van der Waals surface area contributed by atoms with E-state index in [2.05, 4.69) is 25.5 Å². The molecule has 6 heteroatoms. The van der Waals surface area contributed by atoms with Gasteiger partial charge in [-0.25, -0.2) is 10.4 Å². The minimum Gasteiger partial charge on any atom is -0.463 e. The standard InChI is InChI=1S/C11H9N5O/c1-2-8(17-5-1)6-13-16-11-14-9-3-4-12-7-10(9)15-11/h1-7H,(H2,14,15,16)/b13-6+. The van der Waals surface area contributed by atoms with Crippen LogP contribution >= 0.6 is 0 Å². The van der Waals surface area contributed by atoms with Gasteiger partial charge in [-0.05, 0) is 18.2 Å². The van der Waals surface area contributed by atoms with Crippen LogP contribution in [-0.4, -0.2) is 21.2 Å². The van der Waals surface area contributed by atoms with E-state index in [1.165, 1.54) is 0 Å². The van der Waals surface area contributed by atoms with Gasteiger partial charge in [0, 0.05) is 6.20 Å². The van der Waals surface area contributed by atoms with Gasteiger partial charge < -0.3 is 9.40 Å². The van der Waals surface area contributed by atoms with Crippen molar-refractivity contribution in [1.29, 1.82) is 0 Å². The summed E-state index contributed by atoms with van der Waals surface area (Å²) in [6.45, 7) is 0. The van der Waals surface area contributed by atoms with Gasteiger partial charge >= 0.3 is 0 Å². The highest BCUT2D eigenvalue weighted by Crippen LogP contribution is 2.11. The third-order valence-corrected chi connectivity index (χ3v) is 2.19. The number of anilines is 1. The molecule has 3 heterocycles. The summed E-state index contributed by atoms with van der Waals surface area (Å²) in [6, 6.07) is 5.44. The molecule has 3 aromatic rings. The van der Waals surface area contributed by atoms with Gasteiger partial charge in [0.05, 0.1) is 29.7 Å². The number of nitrogens with one attached hydrogen (secondary N) is 2. The Kier molecular flexibility index (Phi) is 2.31. The van der Waals surface area contributed by atoms with Crippen LogP contribution in [-0.2, 0) is 0 Å². The molecule has 0 saturated carbocycles. The Bertz CT molecular complexity index is 608. The topological polar surface area (TPSA) is 79.1 Å². The van der Waals surface area contributed by atoms with Crippen molar-refractivity contribution in [3.63, 3.8) is 0 Å². The molecule has 3 rings (SSSR count). The van der Waals surface area contributed by atoms with Gasteiger partial charge in [0.2, 0.25) is 5.95 Å². The summed E-state index contributed by atoms with van der Waals surface area (Å²) in [5, 5.41) is 4.00. The number of pyridine rings is 1. The van der Waals surface area contributed by atoms with Gasteiger partial charge in [0.15, 0.2) is 0 Å². The summed E-state index contributed by atoms with van der Waals surface area (Å²) in [6.07, 6.45) is 6.57. The highest BCUT2D eigenvalue weighted by atomic mass is 16.3. The van der Waals surface area contributed by atoms with E-state index in [-0.39, 0.29) is 0 Å². The molecule has 0 radical (unpaired) electrons.